The molecule has 1 N–H and O–H groups in total. The SMILES string of the molecule is [CH2]CC1CNc2ccccc2C1. The van der Waals surface area contributed by atoms with Gasteiger partial charge in [-0.15, -0.1) is 0 Å². The van der Waals surface area contributed by atoms with Crippen LogP contribution in [0.1, 0.15) is 12.0 Å². The normalized spacial score (nSPS) is 21.2. The molecule has 63 valence electrons. The van der Waals surface area contributed by atoms with Crippen molar-refractivity contribution in [2.45, 2.75) is 12.8 Å². The first-order chi connectivity index (χ1) is 5.90. The third-order valence-corrected chi connectivity index (χ3v) is 2.52. The van der Waals surface area contributed by atoms with Gasteiger partial charge in [-0.25, -0.2) is 0 Å². The molecular formula is C11H14N. The van der Waals surface area contributed by atoms with E-state index in [0.717, 1.165) is 18.9 Å². The molecule has 0 saturated carbocycles. The number of anilines is 1. The summed E-state index contributed by atoms with van der Waals surface area (Å²) in [5, 5.41) is 3.42. The lowest BCUT2D eigenvalue weighted by Crippen LogP contribution is -2.22. The minimum absolute atomic E-state index is 0.722. The summed E-state index contributed by atoms with van der Waals surface area (Å²) in [4.78, 5) is 0. The average Bonchev–Trinajstić information content (AvgIpc) is 2.17. The molecule has 0 bridgehead atoms. The summed E-state index contributed by atoms with van der Waals surface area (Å²) in [5.74, 6) is 0.722. The van der Waals surface area contributed by atoms with Crippen LogP contribution in [-0.4, -0.2) is 6.54 Å². The van der Waals surface area contributed by atoms with Gasteiger partial charge in [-0.05, 0) is 30.4 Å². The fourth-order valence-electron chi connectivity index (χ4n) is 1.71. The van der Waals surface area contributed by atoms with Crippen LogP contribution in [0.3, 0.4) is 0 Å². The number of nitrogens with one attached hydrogen (secondary N) is 1. The summed E-state index contributed by atoms with van der Waals surface area (Å²) >= 11 is 0. The number of fused-ring (bicyclic) bond motifs is 1. The second kappa shape index (κ2) is 3.18. The van der Waals surface area contributed by atoms with Crippen LogP contribution in [-0.2, 0) is 6.42 Å². The molecule has 1 heterocycles. The van der Waals surface area contributed by atoms with Gasteiger partial charge in [0.05, 0.1) is 0 Å². The molecule has 1 nitrogen and oxygen atoms in total. The molecule has 1 radical (unpaired) electrons. The lowest BCUT2D eigenvalue weighted by atomic mass is 9.92. The molecule has 1 unspecified atom stereocenters. The molecule has 1 heteroatoms. The predicted octanol–water partition coefficient (Wildman–Crippen LogP) is 2.49. The van der Waals surface area contributed by atoms with Gasteiger partial charge in [-0.2, -0.15) is 0 Å². The summed E-state index contributed by atoms with van der Waals surface area (Å²) < 4.78 is 0. The zero-order valence-electron chi connectivity index (χ0n) is 7.22. The molecule has 0 aliphatic carbocycles. The van der Waals surface area contributed by atoms with Gasteiger partial charge in [0, 0.05) is 12.2 Å². The Labute approximate surface area is 73.8 Å². The molecule has 0 saturated heterocycles. The minimum Gasteiger partial charge on any atom is -0.385 e. The highest BCUT2D eigenvalue weighted by Gasteiger charge is 2.15. The van der Waals surface area contributed by atoms with Crippen molar-refractivity contribution in [1.82, 2.24) is 0 Å². The van der Waals surface area contributed by atoms with Gasteiger partial charge >= 0.3 is 0 Å². The molecule has 0 spiro atoms. The standard InChI is InChI=1S/C11H14N/c1-2-9-7-10-5-3-4-6-11(10)12-8-9/h3-6,9,12H,1-2,7-8H2. The maximum absolute atomic E-state index is 3.94. The summed E-state index contributed by atoms with van der Waals surface area (Å²) in [6.07, 6.45) is 2.22. The van der Waals surface area contributed by atoms with E-state index < -0.39 is 0 Å². The van der Waals surface area contributed by atoms with E-state index in [9.17, 15) is 0 Å². The van der Waals surface area contributed by atoms with E-state index in [2.05, 4.69) is 36.5 Å². The van der Waals surface area contributed by atoms with Crippen LogP contribution in [0.15, 0.2) is 24.3 Å². The zero-order chi connectivity index (χ0) is 8.39. The molecule has 1 atom stereocenters. The number of hydrogen-bond acceptors (Lipinski definition) is 1. The maximum Gasteiger partial charge on any atom is 0.0372 e. The van der Waals surface area contributed by atoms with E-state index in [1.54, 1.807) is 0 Å². The lowest BCUT2D eigenvalue weighted by molar-refractivity contribution is 0.544. The van der Waals surface area contributed by atoms with E-state index in [4.69, 9.17) is 0 Å². The molecular weight excluding hydrogens is 146 g/mol. The van der Waals surface area contributed by atoms with Crippen molar-refractivity contribution in [2.24, 2.45) is 5.92 Å². The van der Waals surface area contributed by atoms with E-state index in [-0.39, 0.29) is 0 Å². The van der Waals surface area contributed by atoms with Crippen molar-refractivity contribution < 1.29 is 0 Å². The van der Waals surface area contributed by atoms with Gasteiger partial charge in [0.1, 0.15) is 0 Å². The van der Waals surface area contributed by atoms with Gasteiger partial charge in [-0.1, -0.05) is 25.1 Å². The molecule has 1 aliphatic heterocycles. The Morgan fingerprint density at radius 2 is 2.25 bits per heavy atom. The number of rotatable bonds is 1. The van der Waals surface area contributed by atoms with Gasteiger partial charge in [0.25, 0.3) is 0 Å². The summed E-state index contributed by atoms with van der Waals surface area (Å²) in [7, 11) is 0. The van der Waals surface area contributed by atoms with Crippen molar-refractivity contribution in [3.8, 4) is 0 Å². The third kappa shape index (κ3) is 1.31. The van der Waals surface area contributed by atoms with Crippen molar-refractivity contribution >= 4 is 5.69 Å². The minimum atomic E-state index is 0.722. The second-order valence-electron chi connectivity index (χ2n) is 3.40. The van der Waals surface area contributed by atoms with Crippen LogP contribution >= 0.6 is 0 Å². The number of hydrogen-bond donors (Lipinski definition) is 1. The quantitative estimate of drug-likeness (QED) is 0.665. The first-order valence-electron chi connectivity index (χ1n) is 4.51. The highest BCUT2D eigenvalue weighted by Crippen LogP contribution is 2.25. The van der Waals surface area contributed by atoms with Crippen molar-refractivity contribution in [3.63, 3.8) is 0 Å². The number of benzene rings is 1. The summed E-state index contributed by atoms with van der Waals surface area (Å²) in [5.41, 5.74) is 2.75. The molecule has 12 heavy (non-hydrogen) atoms. The average molecular weight is 160 g/mol. The van der Waals surface area contributed by atoms with E-state index >= 15 is 0 Å². The Balaban J connectivity index is 2.23. The van der Waals surface area contributed by atoms with Crippen molar-refractivity contribution in [3.05, 3.63) is 36.8 Å². The molecule has 0 amide bonds. The molecule has 1 aliphatic rings. The Morgan fingerprint density at radius 1 is 1.42 bits per heavy atom. The van der Waals surface area contributed by atoms with Gasteiger partial charge in [0.2, 0.25) is 0 Å². The zero-order valence-corrected chi connectivity index (χ0v) is 7.22. The van der Waals surface area contributed by atoms with Crippen LogP contribution in [0.25, 0.3) is 0 Å². The predicted molar refractivity (Wildman–Crippen MR) is 52.1 cm³/mol. The highest BCUT2D eigenvalue weighted by molar-refractivity contribution is 5.53. The largest absolute Gasteiger partial charge is 0.385 e. The Hall–Kier alpha value is -0.980. The highest BCUT2D eigenvalue weighted by atomic mass is 14.9. The van der Waals surface area contributed by atoms with Gasteiger partial charge < -0.3 is 5.32 Å². The monoisotopic (exact) mass is 160 g/mol. The fourth-order valence-corrected chi connectivity index (χ4v) is 1.71. The van der Waals surface area contributed by atoms with Crippen LogP contribution in [0, 0.1) is 12.8 Å². The molecule has 2 rings (SSSR count). The molecule has 1 aromatic carbocycles. The van der Waals surface area contributed by atoms with Gasteiger partial charge in [0.15, 0.2) is 0 Å². The summed E-state index contributed by atoms with van der Waals surface area (Å²) in [6.45, 7) is 5.03. The first-order valence-corrected chi connectivity index (χ1v) is 4.51. The summed E-state index contributed by atoms with van der Waals surface area (Å²) in [6, 6.07) is 8.53. The first kappa shape index (κ1) is 7.66. The second-order valence-corrected chi connectivity index (χ2v) is 3.40. The van der Waals surface area contributed by atoms with E-state index in [1.165, 1.54) is 17.7 Å². The fraction of sp³-hybridized carbons (Fsp3) is 0.364. The smallest absolute Gasteiger partial charge is 0.0372 e. The van der Waals surface area contributed by atoms with Crippen LogP contribution in [0.5, 0.6) is 0 Å². The molecule has 1 aromatic rings. The Bertz CT molecular complexity index is 267. The van der Waals surface area contributed by atoms with Crippen LogP contribution in [0.2, 0.25) is 0 Å². The van der Waals surface area contributed by atoms with Crippen molar-refractivity contribution in [2.75, 3.05) is 11.9 Å². The molecule has 0 fully saturated rings. The van der Waals surface area contributed by atoms with Crippen molar-refractivity contribution in [1.29, 1.82) is 0 Å². The van der Waals surface area contributed by atoms with E-state index in [0.29, 0.717) is 0 Å². The van der Waals surface area contributed by atoms with Crippen LogP contribution < -0.4 is 5.32 Å². The van der Waals surface area contributed by atoms with Gasteiger partial charge in [-0.3, -0.25) is 0 Å². The van der Waals surface area contributed by atoms with E-state index in [1.807, 2.05) is 0 Å². The Morgan fingerprint density at radius 3 is 3.08 bits per heavy atom. The van der Waals surface area contributed by atoms with Crippen LogP contribution in [0.4, 0.5) is 5.69 Å². The number of para-hydroxylation sites is 1. The lowest BCUT2D eigenvalue weighted by Gasteiger charge is -2.24. The maximum atomic E-state index is 3.94. The molecule has 0 aromatic heterocycles. The topological polar surface area (TPSA) is 12.0 Å². The third-order valence-electron chi connectivity index (χ3n) is 2.52. The Kier molecular flexibility index (Phi) is 2.03.